The van der Waals surface area contributed by atoms with Gasteiger partial charge in [0.05, 0.1) is 5.41 Å². The summed E-state index contributed by atoms with van der Waals surface area (Å²) in [6.07, 6.45) is 0.865. The van der Waals surface area contributed by atoms with E-state index in [9.17, 15) is 14.4 Å². The van der Waals surface area contributed by atoms with Crippen molar-refractivity contribution in [2.75, 3.05) is 0 Å². The van der Waals surface area contributed by atoms with Gasteiger partial charge in [-0.15, -0.1) is 0 Å². The second-order valence-electron chi connectivity index (χ2n) is 8.13. The molecule has 0 aliphatic rings. The van der Waals surface area contributed by atoms with E-state index >= 15 is 0 Å². The monoisotopic (exact) mass is 442 g/mol. The van der Waals surface area contributed by atoms with Crippen LogP contribution in [0.4, 0.5) is 0 Å². The number of carbonyl (C=O) groups excluding carboxylic acids is 3. The molecule has 1 atom stereocenters. The fraction of sp³-hybridized carbons (Fsp3) is 0.250. The van der Waals surface area contributed by atoms with Crippen LogP contribution in [0.1, 0.15) is 49.3 Å². The first-order valence-corrected chi connectivity index (χ1v) is 11.2. The van der Waals surface area contributed by atoms with Crippen LogP contribution in [-0.4, -0.2) is 23.6 Å². The van der Waals surface area contributed by atoms with Crippen molar-refractivity contribution in [3.63, 3.8) is 0 Å². The topological polar surface area (TPSA) is 89.3 Å². The van der Waals surface area contributed by atoms with Gasteiger partial charge in [-0.05, 0) is 23.1 Å². The Bertz CT molecular complexity index is 969. The summed E-state index contributed by atoms with van der Waals surface area (Å²) < 4.78 is 0. The molecule has 3 N–H and O–H groups in total. The lowest BCUT2D eigenvalue weighted by atomic mass is 9.67. The van der Waals surface area contributed by atoms with Crippen molar-refractivity contribution in [2.24, 2.45) is 5.73 Å². The van der Waals surface area contributed by atoms with Crippen molar-refractivity contribution >= 4 is 17.6 Å². The summed E-state index contributed by atoms with van der Waals surface area (Å²) in [5.74, 6) is -0.918. The molecule has 0 fully saturated rings. The van der Waals surface area contributed by atoms with E-state index < -0.39 is 17.4 Å². The van der Waals surface area contributed by atoms with Gasteiger partial charge in [0.1, 0.15) is 11.8 Å². The maximum absolute atomic E-state index is 13.4. The summed E-state index contributed by atoms with van der Waals surface area (Å²) in [4.78, 5) is 37.2. The third-order valence-corrected chi connectivity index (χ3v) is 6.01. The molecular formula is C28H30N2O3. The van der Waals surface area contributed by atoms with Gasteiger partial charge in [0.2, 0.25) is 11.8 Å². The first-order chi connectivity index (χ1) is 16.0. The van der Waals surface area contributed by atoms with Crippen molar-refractivity contribution in [1.82, 2.24) is 5.32 Å². The van der Waals surface area contributed by atoms with Gasteiger partial charge in [0.15, 0.2) is 0 Å². The Labute approximate surface area is 195 Å². The molecule has 0 bridgehead atoms. The van der Waals surface area contributed by atoms with E-state index in [1.54, 1.807) is 6.92 Å². The van der Waals surface area contributed by atoms with E-state index in [1.165, 1.54) is 0 Å². The molecule has 0 aromatic heterocycles. The molecule has 0 aliphatic heterocycles. The number of hydrogen-bond acceptors (Lipinski definition) is 3. The summed E-state index contributed by atoms with van der Waals surface area (Å²) in [7, 11) is 0. The van der Waals surface area contributed by atoms with E-state index in [0.29, 0.717) is 6.42 Å². The molecule has 3 aromatic rings. The Morgan fingerprint density at radius 3 is 1.58 bits per heavy atom. The van der Waals surface area contributed by atoms with Crippen molar-refractivity contribution < 1.29 is 14.4 Å². The smallest absolute Gasteiger partial charge is 0.240 e. The highest BCUT2D eigenvalue weighted by atomic mass is 16.2. The predicted molar refractivity (Wildman–Crippen MR) is 129 cm³/mol. The maximum Gasteiger partial charge on any atom is 0.240 e. The van der Waals surface area contributed by atoms with E-state index in [0.717, 1.165) is 16.7 Å². The largest absolute Gasteiger partial charge is 0.368 e. The lowest BCUT2D eigenvalue weighted by Crippen LogP contribution is -2.47. The number of rotatable bonds is 11. The van der Waals surface area contributed by atoms with Gasteiger partial charge in [0, 0.05) is 19.3 Å². The van der Waals surface area contributed by atoms with E-state index in [1.807, 2.05) is 91.0 Å². The molecule has 3 rings (SSSR count). The SMILES string of the molecule is CCC(=O)CC[C@H](NC(=O)CC(c1ccccc1)(c1ccccc1)c1ccccc1)C(N)=O. The Balaban J connectivity index is 2.02. The van der Waals surface area contributed by atoms with Crippen LogP contribution in [0.2, 0.25) is 0 Å². The molecule has 33 heavy (non-hydrogen) atoms. The van der Waals surface area contributed by atoms with Crippen LogP contribution < -0.4 is 11.1 Å². The molecule has 0 aliphatic carbocycles. The normalized spacial score (nSPS) is 12.0. The Morgan fingerprint density at radius 1 is 0.788 bits per heavy atom. The van der Waals surface area contributed by atoms with Crippen molar-refractivity contribution in [2.45, 2.75) is 44.1 Å². The highest BCUT2D eigenvalue weighted by Crippen LogP contribution is 2.42. The molecule has 0 saturated heterocycles. The molecule has 0 saturated carbocycles. The number of nitrogens with one attached hydrogen (secondary N) is 1. The molecule has 5 nitrogen and oxygen atoms in total. The summed E-state index contributed by atoms with van der Waals surface area (Å²) in [5, 5.41) is 2.79. The van der Waals surface area contributed by atoms with Gasteiger partial charge >= 0.3 is 0 Å². The number of hydrogen-bond donors (Lipinski definition) is 2. The number of nitrogens with two attached hydrogens (primary N) is 1. The minimum absolute atomic E-state index is 0.0303. The third-order valence-electron chi connectivity index (χ3n) is 6.01. The zero-order valence-corrected chi connectivity index (χ0v) is 18.9. The highest BCUT2D eigenvalue weighted by molar-refractivity contribution is 5.88. The van der Waals surface area contributed by atoms with Gasteiger partial charge in [-0.2, -0.15) is 0 Å². The summed E-state index contributed by atoms with van der Waals surface area (Å²) in [6, 6.07) is 28.7. The lowest BCUT2D eigenvalue weighted by Gasteiger charge is -2.36. The molecule has 0 radical (unpaired) electrons. The molecule has 0 unspecified atom stereocenters. The number of amides is 2. The second-order valence-corrected chi connectivity index (χ2v) is 8.13. The lowest BCUT2D eigenvalue weighted by molar-refractivity contribution is -0.128. The first-order valence-electron chi connectivity index (χ1n) is 11.2. The fourth-order valence-corrected chi connectivity index (χ4v) is 4.23. The first kappa shape index (κ1) is 23.9. The Kier molecular flexibility index (Phi) is 8.14. The maximum atomic E-state index is 13.4. The van der Waals surface area contributed by atoms with Crippen LogP contribution in [0.15, 0.2) is 91.0 Å². The van der Waals surface area contributed by atoms with Gasteiger partial charge in [-0.1, -0.05) is 97.9 Å². The van der Waals surface area contributed by atoms with Crippen LogP contribution in [-0.2, 0) is 19.8 Å². The van der Waals surface area contributed by atoms with Crippen LogP contribution in [0.3, 0.4) is 0 Å². The summed E-state index contributed by atoms with van der Waals surface area (Å²) in [6.45, 7) is 1.77. The highest BCUT2D eigenvalue weighted by Gasteiger charge is 2.39. The number of Topliss-reactive ketones (excluding diaryl/α,β-unsaturated/α-hetero) is 1. The molecule has 5 heteroatoms. The number of carbonyl (C=O) groups is 3. The molecular weight excluding hydrogens is 412 g/mol. The molecule has 0 heterocycles. The second kappa shape index (κ2) is 11.2. The van der Waals surface area contributed by atoms with Crippen LogP contribution in [0, 0.1) is 0 Å². The minimum Gasteiger partial charge on any atom is -0.368 e. The summed E-state index contributed by atoms with van der Waals surface area (Å²) >= 11 is 0. The number of primary amides is 1. The fourth-order valence-electron chi connectivity index (χ4n) is 4.23. The predicted octanol–water partition coefficient (Wildman–Crippen LogP) is 4.14. The van der Waals surface area contributed by atoms with Crippen LogP contribution in [0.5, 0.6) is 0 Å². The quantitative estimate of drug-likeness (QED) is 0.437. The molecule has 2 amide bonds. The average molecular weight is 443 g/mol. The number of benzene rings is 3. The minimum atomic E-state index is -0.895. The van der Waals surface area contributed by atoms with Gasteiger partial charge in [-0.25, -0.2) is 0 Å². The van der Waals surface area contributed by atoms with Crippen molar-refractivity contribution in [3.05, 3.63) is 108 Å². The Morgan fingerprint density at radius 2 is 1.21 bits per heavy atom. The number of ketones is 1. The molecule has 0 spiro atoms. The van der Waals surface area contributed by atoms with Crippen LogP contribution >= 0.6 is 0 Å². The zero-order valence-electron chi connectivity index (χ0n) is 18.9. The van der Waals surface area contributed by atoms with Crippen molar-refractivity contribution in [3.8, 4) is 0 Å². The van der Waals surface area contributed by atoms with E-state index in [-0.39, 0.29) is 31.0 Å². The zero-order chi connectivity index (χ0) is 23.7. The van der Waals surface area contributed by atoms with Gasteiger partial charge < -0.3 is 11.1 Å². The Hall–Kier alpha value is -3.73. The van der Waals surface area contributed by atoms with Gasteiger partial charge in [-0.3, -0.25) is 14.4 Å². The van der Waals surface area contributed by atoms with E-state index in [4.69, 9.17) is 5.73 Å². The molecule has 170 valence electrons. The van der Waals surface area contributed by atoms with Crippen LogP contribution in [0.25, 0.3) is 0 Å². The molecule has 3 aromatic carbocycles. The van der Waals surface area contributed by atoms with Gasteiger partial charge in [0.25, 0.3) is 0 Å². The average Bonchev–Trinajstić information content (AvgIpc) is 2.86. The van der Waals surface area contributed by atoms with Crippen molar-refractivity contribution in [1.29, 1.82) is 0 Å². The summed E-state index contributed by atoms with van der Waals surface area (Å²) in [5.41, 5.74) is 7.68. The third kappa shape index (κ3) is 5.75. The van der Waals surface area contributed by atoms with E-state index in [2.05, 4.69) is 5.32 Å². The standard InChI is InChI=1S/C28H30N2O3/c1-2-24(31)18-19-25(27(29)33)30-26(32)20-28(21-12-6-3-7-13-21,22-14-8-4-9-15-22)23-16-10-5-11-17-23/h3-17,25H,2,18-20H2,1H3,(H2,29,33)(H,30,32)/t25-/m0/s1.